The highest BCUT2D eigenvalue weighted by Gasteiger charge is 2.06. The molecule has 2 N–H and O–H groups in total. The molecule has 5 nitrogen and oxygen atoms in total. The molecule has 0 unspecified atom stereocenters. The molecule has 1 amide bonds. The normalized spacial score (nSPS) is 9.21. The van der Waals surface area contributed by atoms with Gasteiger partial charge >= 0.3 is 12.1 Å². The van der Waals surface area contributed by atoms with Gasteiger partial charge in [0.1, 0.15) is 5.75 Å². The predicted octanol–water partition coefficient (Wildman–Crippen LogP) is 1.65. The summed E-state index contributed by atoms with van der Waals surface area (Å²) in [5.41, 5.74) is 5.17. The Morgan fingerprint density at radius 3 is 2.21 bits per heavy atom. The summed E-state index contributed by atoms with van der Waals surface area (Å²) in [7, 11) is 0. The summed E-state index contributed by atoms with van der Waals surface area (Å²) in [5.74, 6) is -0.182. The predicted molar refractivity (Wildman–Crippen MR) is 56.1 cm³/mol. The smallest absolute Gasteiger partial charge is 0.409 e. The van der Waals surface area contributed by atoms with E-state index in [0.29, 0.717) is 5.56 Å². The molecule has 0 fully saturated rings. The summed E-state index contributed by atoms with van der Waals surface area (Å²) < 4.78 is 9.02. The number of hydrogen-bond acceptors (Lipinski definition) is 4. The quantitative estimate of drug-likeness (QED) is 0.843. The van der Waals surface area contributed by atoms with Gasteiger partial charge in [0, 0.05) is 0 Å². The highest BCUT2D eigenvalue weighted by molar-refractivity contribution is 14.1. The maximum absolute atomic E-state index is 11.0. The minimum atomic E-state index is -0.894. The average molecular weight is 307 g/mol. The molecule has 0 aliphatic rings. The van der Waals surface area contributed by atoms with E-state index in [2.05, 4.69) is 7.80 Å². The van der Waals surface area contributed by atoms with Crippen molar-refractivity contribution in [2.24, 2.45) is 5.73 Å². The molecule has 1 rings (SSSR count). The number of amides is 1. The number of rotatable bonds is 2. The molecular formula is C8H6INO4. The van der Waals surface area contributed by atoms with E-state index in [9.17, 15) is 9.59 Å². The second-order valence-electron chi connectivity index (χ2n) is 2.31. The first-order chi connectivity index (χ1) is 6.63. The maximum Gasteiger partial charge on any atom is 0.409 e. The second-order valence-corrected chi connectivity index (χ2v) is 2.75. The van der Waals surface area contributed by atoms with E-state index < -0.39 is 12.1 Å². The second kappa shape index (κ2) is 4.80. The van der Waals surface area contributed by atoms with Crippen LogP contribution in [0.1, 0.15) is 10.4 Å². The van der Waals surface area contributed by atoms with E-state index in [1.54, 1.807) is 0 Å². The van der Waals surface area contributed by atoms with E-state index >= 15 is 0 Å². The Kier molecular flexibility index (Phi) is 3.69. The van der Waals surface area contributed by atoms with Gasteiger partial charge in [-0.25, -0.2) is 9.59 Å². The Labute approximate surface area is 93.9 Å². The monoisotopic (exact) mass is 307 g/mol. The lowest BCUT2D eigenvalue weighted by Crippen LogP contribution is -2.16. The lowest BCUT2D eigenvalue weighted by molar-refractivity contribution is 0.0800. The van der Waals surface area contributed by atoms with Crippen LogP contribution >= 0.6 is 23.0 Å². The van der Waals surface area contributed by atoms with Crippen molar-refractivity contribution in [3.8, 4) is 5.75 Å². The van der Waals surface area contributed by atoms with Gasteiger partial charge in [0.05, 0.1) is 5.56 Å². The number of ether oxygens (including phenoxy) is 1. The van der Waals surface area contributed by atoms with Gasteiger partial charge in [0.2, 0.25) is 0 Å². The average Bonchev–Trinajstić information content (AvgIpc) is 2.17. The standard InChI is InChI=1S/C8H6INO4/c9-14-7(11)5-1-3-6(4-2-5)13-8(10)12/h1-4H,(H2,10,12). The molecule has 0 saturated carbocycles. The van der Waals surface area contributed by atoms with E-state index in [-0.39, 0.29) is 5.75 Å². The maximum atomic E-state index is 11.0. The van der Waals surface area contributed by atoms with Crippen LogP contribution < -0.4 is 10.5 Å². The van der Waals surface area contributed by atoms with Crippen molar-refractivity contribution in [1.29, 1.82) is 0 Å². The Morgan fingerprint density at radius 1 is 1.21 bits per heavy atom. The molecule has 0 atom stereocenters. The molecule has 0 aliphatic heterocycles. The molecule has 14 heavy (non-hydrogen) atoms. The van der Waals surface area contributed by atoms with Gasteiger partial charge < -0.3 is 13.5 Å². The third kappa shape index (κ3) is 2.87. The lowest BCUT2D eigenvalue weighted by atomic mass is 10.2. The van der Waals surface area contributed by atoms with Gasteiger partial charge in [-0.15, -0.1) is 0 Å². The molecule has 74 valence electrons. The van der Waals surface area contributed by atoms with Crippen molar-refractivity contribution in [3.63, 3.8) is 0 Å². The molecule has 1 aromatic rings. The number of carbonyl (C=O) groups is 2. The summed E-state index contributed by atoms with van der Waals surface area (Å²) >= 11 is 1.49. The number of carbonyl (C=O) groups excluding carboxylic acids is 2. The van der Waals surface area contributed by atoms with Crippen LogP contribution in [-0.2, 0) is 3.07 Å². The Balaban J connectivity index is 2.78. The molecule has 0 aromatic heterocycles. The van der Waals surface area contributed by atoms with Crippen molar-refractivity contribution < 1.29 is 17.4 Å². The number of halogens is 1. The van der Waals surface area contributed by atoms with Crippen LogP contribution in [0, 0.1) is 0 Å². The topological polar surface area (TPSA) is 78.6 Å². The summed E-state index contributed by atoms with van der Waals surface area (Å²) in [6.07, 6.45) is -0.894. The fourth-order valence-electron chi connectivity index (χ4n) is 0.820. The highest BCUT2D eigenvalue weighted by Crippen LogP contribution is 2.13. The largest absolute Gasteiger partial charge is 0.411 e. The van der Waals surface area contributed by atoms with Crippen LogP contribution in [0.15, 0.2) is 24.3 Å². The third-order valence-electron chi connectivity index (χ3n) is 1.38. The first-order valence-electron chi connectivity index (χ1n) is 3.53. The molecule has 0 saturated heterocycles. The van der Waals surface area contributed by atoms with E-state index in [4.69, 9.17) is 5.73 Å². The van der Waals surface area contributed by atoms with Crippen LogP contribution in [0.3, 0.4) is 0 Å². The number of nitrogens with two attached hydrogens (primary N) is 1. The zero-order valence-corrected chi connectivity index (χ0v) is 9.06. The summed E-state index contributed by atoms with van der Waals surface area (Å²) in [6, 6.07) is 5.85. The number of primary amides is 1. The Bertz CT molecular complexity index is 349. The fraction of sp³-hybridized carbons (Fsp3) is 0. The molecule has 0 bridgehead atoms. The SMILES string of the molecule is NC(=O)Oc1ccc(C(=O)OI)cc1. The summed E-state index contributed by atoms with van der Waals surface area (Å²) in [6.45, 7) is 0. The van der Waals surface area contributed by atoms with Gasteiger partial charge in [-0.2, -0.15) is 0 Å². The van der Waals surface area contributed by atoms with Gasteiger partial charge in [-0.3, -0.25) is 0 Å². The molecule has 1 aromatic carbocycles. The zero-order valence-electron chi connectivity index (χ0n) is 6.90. The molecule has 0 spiro atoms. The summed E-state index contributed by atoms with van der Waals surface area (Å²) in [5, 5.41) is 0. The van der Waals surface area contributed by atoms with Crippen molar-refractivity contribution in [2.75, 3.05) is 0 Å². The van der Waals surface area contributed by atoms with Crippen molar-refractivity contribution >= 4 is 35.1 Å². The highest BCUT2D eigenvalue weighted by atomic mass is 127. The van der Waals surface area contributed by atoms with Gasteiger partial charge in [0.15, 0.2) is 23.0 Å². The van der Waals surface area contributed by atoms with Crippen LogP contribution in [0.2, 0.25) is 0 Å². The first-order valence-corrected chi connectivity index (χ1v) is 4.42. The van der Waals surface area contributed by atoms with E-state index in [1.165, 1.54) is 47.3 Å². The number of hydrogen-bond donors (Lipinski definition) is 1. The first kappa shape index (κ1) is 10.8. The fourth-order valence-corrected chi connectivity index (χ4v) is 1.07. The van der Waals surface area contributed by atoms with Crippen LogP contribution in [0.4, 0.5) is 4.79 Å². The van der Waals surface area contributed by atoms with Gasteiger partial charge in [-0.1, -0.05) is 0 Å². The number of benzene rings is 1. The van der Waals surface area contributed by atoms with Crippen molar-refractivity contribution in [3.05, 3.63) is 29.8 Å². The zero-order chi connectivity index (χ0) is 10.6. The van der Waals surface area contributed by atoms with Crippen molar-refractivity contribution in [2.45, 2.75) is 0 Å². The molecule has 0 aliphatic carbocycles. The molecule has 0 radical (unpaired) electrons. The molecular weight excluding hydrogens is 301 g/mol. The van der Waals surface area contributed by atoms with Crippen LogP contribution in [0.25, 0.3) is 0 Å². The minimum absolute atomic E-state index is 0.280. The van der Waals surface area contributed by atoms with Gasteiger partial charge in [-0.05, 0) is 24.3 Å². The molecule has 0 heterocycles. The molecule has 6 heteroatoms. The van der Waals surface area contributed by atoms with Crippen molar-refractivity contribution in [1.82, 2.24) is 0 Å². The Hall–Kier alpha value is -1.31. The lowest BCUT2D eigenvalue weighted by Gasteiger charge is -2.00. The van der Waals surface area contributed by atoms with E-state index in [0.717, 1.165) is 0 Å². The van der Waals surface area contributed by atoms with Crippen LogP contribution in [0.5, 0.6) is 5.75 Å². The van der Waals surface area contributed by atoms with E-state index in [1.807, 2.05) is 0 Å². The minimum Gasteiger partial charge on any atom is -0.411 e. The third-order valence-corrected chi connectivity index (χ3v) is 1.78. The Morgan fingerprint density at radius 2 is 1.79 bits per heavy atom. The van der Waals surface area contributed by atoms with Gasteiger partial charge in [0.25, 0.3) is 0 Å². The summed E-state index contributed by atoms with van der Waals surface area (Å²) in [4.78, 5) is 21.3. The van der Waals surface area contributed by atoms with Crippen LogP contribution in [-0.4, -0.2) is 12.1 Å².